The summed E-state index contributed by atoms with van der Waals surface area (Å²) < 4.78 is 23.7. The second kappa shape index (κ2) is 14.5. The first-order valence-electron chi connectivity index (χ1n) is 19.2. The zero-order chi connectivity index (χ0) is 37.6. The number of hydrogen-bond acceptors (Lipinski definition) is 10. The van der Waals surface area contributed by atoms with Gasteiger partial charge in [0, 0.05) is 50.6 Å². The molecular formula is C40H63N3O8. The van der Waals surface area contributed by atoms with E-state index < -0.39 is 11.6 Å². The Morgan fingerprint density at radius 3 is 2.24 bits per heavy atom. The fourth-order valence-corrected chi connectivity index (χ4v) is 12.5. The van der Waals surface area contributed by atoms with Crippen molar-refractivity contribution in [1.29, 1.82) is 0 Å². The Bertz CT molecular complexity index is 1450. The van der Waals surface area contributed by atoms with E-state index in [0.717, 1.165) is 50.6 Å². The molecule has 0 saturated heterocycles. The second-order valence-electron chi connectivity index (χ2n) is 17.8. The van der Waals surface area contributed by atoms with Gasteiger partial charge in [-0.2, -0.15) is 0 Å². The Morgan fingerprint density at radius 2 is 1.63 bits per heavy atom. The average Bonchev–Trinajstić information content (AvgIpc) is 3.69. The molecule has 5 rings (SSSR count). The number of aromatic nitrogens is 2. The third-order valence-corrected chi connectivity index (χ3v) is 14.8. The van der Waals surface area contributed by atoms with Gasteiger partial charge in [-0.15, -0.1) is 0 Å². The molecule has 51 heavy (non-hydrogen) atoms. The maximum absolute atomic E-state index is 12.8. The molecule has 11 nitrogen and oxygen atoms in total. The third-order valence-electron chi connectivity index (χ3n) is 14.8. The quantitative estimate of drug-likeness (QED) is 0.143. The van der Waals surface area contributed by atoms with Crippen molar-refractivity contribution in [2.45, 2.75) is 150 Å². The maximum Gasteiger partial charge on any atom is 0.323 e. The summed E-state index contributed by atoms with van der Waals surface area (Å²) in [6.45, 7) is 19.0. The lowest BCUT2D eigenvalue weighted by atomic mass is 9.35. The van der Waals surface area contributed by atoms with Crippen molar-refractivity contribution < 1.29 is 38.1 Å². The Labute approximate surface area is 304 Å². The summed E-state index contributed by atoms with van der Waals surface area (Å²) in [6.07, 6.45) is 11.0. The number of rotatable bonds is 12. The molecule has 1 aromatic heterocycles. The number of ether oxygens (including phenoxy) is 4. The van der Waals surface area contributed by atoms with Gasteiger partial charge in [-0.1, -0.05) is 34.6 Å². The van der Waals surface area contributed by atoms with Crippen molar-refractivity contribution in [2.75, 3.05) is 13.7 Å². The molecule has 0 bridgehead atoms. The van der Waals surface area contributed by atoms with Gasteiger partial charge < -0.3 is 29.2 Å². The average molecular weight is 714 g/mol. The largest absolute Gasteiger partial charge is 0.468 e. The number of hydrogen-bond donors (Lipinski definition) is 2. The molecule has 0 aliphatic heterocycles. The molecule has 4 aliphatic rings. The smallest absolute Gasteiger partial charge is 0.323 e. The standard InChI is InChI=1S/C40H63N3O8/c1-24(44)49-30-21-32-37(6)16-14-33(50-25(2)45)36(4,5)31(37)13-18-38(32,7)39(8)17-12-28(34(30)39)40(9,51-26(3)46)15-11-19-42-29(35(47)48-10)20-27-22-41-23-43-27/h22-23,28-34,42H,11-21H2,1-10H3,(H,41,43)/t28?,29-,30?,31?,32?,33-,34-,37-,38+,39+,40-/m0/s1. The van der Waals surface area contributed by atoms with Crippen LogP contribution in [0, 0.1) is 45.3 Å². The molecule has 4 aliphatic carbocycles. The number of nitrogens with zero attached hydrogens (tertiary/aromatic N) is 1. The van der Waals surface area contributed by atoms with Gasteiger partial charge in [-0.25, -0.2) is 4.98 Å². The summed E-state index contributed by atoms with van der Waals surface area (Å²) in [5.41, 5.74) is -0.431. The summed E-state index contributed by atoms with van der Waals surface area (Å²) in [4.78, 5) is 57.5. The zero-order valence-electron chi connectivity index (χ0n) is 32.7. The number of nitrogens with one attached hydrogen (secondary N) is 2. The first-order chi connectivity index (χ1) is 23.8. The first kappa shape index (κ1) is 39.3. The van der Waals surface area contributed by atoms with Gasteiger partial charge >= 0.3 is 23.9 Å². The minimum absolute atomic E-state index is 0.00740. The normalized spacial score (nSPS) is 37.1. The van der Waals surface area contributed by atoms with Crippen LogP contribution < -0.4 is 5.32 Å². The van der Waals surface area contributed by atoms with Crippen LogP contribution >= 0.6 is 0 Å². The number of carbonyl (C=O) groups is 4. The van der Waals surface area contributed by atoms with Crippen molar-refractivity contribution in [2.24, 2.45) is 45.3 Å². The molecule has 11 heteroatoms. The molecule has 2 N–H and O–H groups in total. The number of imidazole rings is 1. The molecule has 11 atom stereocenters. The van der Waals surface area contributed by atoms with Gasteiger partial charge in [0.05, 0.1) is 19.1 Å². The number of methoxy groups -OCH3 is 1. The van der Waals surface area contributed by atoms with Crippen LogP contribution in [0.25, 0.3) is 0 Å². The van der Waals surface area contributed by atoms with E-state index in [-0.39, 0.29) is 69.6 Å². The molecule has 0 radical (unpaired) electrons. The van der Waals surface area contributed by atoms with Gasteiger partial charge in [0.2, 0.25) is 0 Å². The van der Waals surface area contributed by atoms with E-state index in [4.69, 9.17) is 18.9 Å². The van der Waals surface area contributed by atoms with Crippen molar-refractivity contribution in [3.05, 3.63) is 18.2 Å². The molecular weight excluding hydrogens is 650 g/mol. The van der Waals surface area contributed by atoms with E-state index in [1.807, 2.05) is 0 Å². The summed E-state index contributed by atoms with van der Waals surface area (Å²) >= 11 is 0. The van der Waals surface area contributed by atoms with Gasteiger partial charge in [0.15, 0.2) is 0 Å². The highest BCUT2D eigenvalue weighted by atomic mass is 16.6. The molecule has 0 amide bonds. The van der Waals surface area contributed by atoms with Crippen LogP contribution in [0.3, 0.4) is 0 Å². The van der Waals surface area contributed by atoms with Crippen molar-refractivity contribution >= 4 is 23.9 Å². The summed E-state index contributed by atoms with van der Waals surface area (Å²) in [7, 11) is 1.38. The minimum atomic E-state index is -0.800. The van der Waals surface area contributed by atoms with Crippen molar-refractivity contribution in [3.63, 3.8) is 0 Å². The molecule has 1 heterocycles. The van der Waals surface area contributed by atoms with Crippen LogP contribution in [-0.2, 0) is 44.5 Å². The highest BCUT2D eigenvalue weighted by Crippen LogP contribution is 2.76. The Balaban J connectivity index is 1.42. The van der Waals surface area contributed by atoms with E-state index in [1.165, 1.54) is 27.9 Å². The number of esters is 4. The van der Waals surface area contributed by atoms with E-state index >= 15 is 0 Å². The fraction of sp³-hybridized carbons (Fsp3) is 0.825. The monoisotopic (exact) mass is 713 g/mol. The Hall–Kier alpha value is -2.95. The van der Waals surface area contributed by atoms with Crippen LogP contribution in [-0.4, -0.2) is 71.4 Å². The van der Waals surface area contributed by atoms with E-state index in [0.29, 0.717) is 37.6 Å². The van der Waals surface area contributed by atoms with Gasteiger partial charge in [-0.3, -0.25) is 19.2 Å². The topological polar surface area (TPSA) is 146 Å². The third kappa shape index (κ3) is 7.09. The van der Waals surface area contributed by atoms with Crippen molar-refractivity contribution in [3.8, 4) is 0 Å². The Morgan fingerprint density at radius 1 is 0.941 bits per heavy atom. The summed E-state index contributed by atoms with van der Waals surface area (Å²) in [5, 5.41) is 3.35. The molecule has 4 saturated carbocycles. The first-order valence-corrected chi connectivity index (χ1v) is 19.2. The lowest BCUT2D eigenvalue weighted by molar-refractivity contribution is -0.253. The van der Waals surface area contributed by atoms with Gasteiger partial charge in [-0.05, 0) is 99.3 Å². The highest BCUT2D eigenvalue weighted by Gasteiger charge is 2.72. The molecule has 4 fully saturated rings. The number of H-pyrrole nitrogens is 1. The lowest BCUT2D eigenvalue weighted by Gasteiger charge is -2.70. The number of carbonyl (C=O) groups excluding carboxylic acids is 4. The number of aromatic amines is 1. The second-order valence-corrected chi connectivity index (χ2v) is 17.8. The molecule has 1 aromatic rings. The minimum Gasteiger partial charge on any atom is -0.468 e. The molecule has 4 unspecified atom stereocenters. The zero-order valence-corrected chi connectivity index (χ0v) is 32.7. The van der Waals surface area contributed by atoms with Crippen LogP contribution in [0.4, 0.5) is 0 Å². The van der Waals surface area contributed by atoms with Crippen LogP contribution in [0.2, 0.25) is 0 Å². The summed E-state index contributed by atoms with van der Waals surface area (Å²) in [6, 6.07) is -0.554. The fourth-order valence-electron chi connectivity index (χ4n) is 12.5. The Kier molecular flexibility index (Phi) is 11.1. The van der Waals surface area contributed by atoms with E-state index in [1.54, 1.807) is 12.5 Å². The SMILES string of the molecule is COC(=O)[C@H](Cc1c[nH]cn1)NCCC[C@](C)(OC(C)=O)C1CC[C@]2(C)[C@@H]1C(OC(C)=O)CC1[C@@]3(C)CC[C@H](OC(C)=O)C(C)(C)C3CC[C@]12C. The van der Waals surface area contributed by atoms with E-state index in [9.17, 15) is 19.2 Å². The molecule has 286 valence electrons. The lowest BCUT2D eigenvalue weighted by Crippen LogP contribution is -2.67. The number of fused-ring (bicyclic) bond motifs is 5. The maximum atomic E-state index is 12.8. The van der Waals surface area contributed by atoms with E-state index in [2.05, 4.69) is 56.8 Å². The highest BCUT2D eigenvalue weighted by molar-refractivity contribution is 5.76. The summed E-state index contributed by atoms with van der Waals surface area (Å²) in [5.74, 6) is -0.527. The van der Waals surface area contributed by atoms with Crippen molar-refractivity contribution in [1.82, 2.24) is 15.3 Å². The van der Waals surface area contributed by atoms with Crippen LogP contribution in [0.5, 0.6) is 0 Å². The predicted molar refractivity (Wildman–Crippen MR) is 191 cm³/mol. The molecule has 0 spiro atoms. The van der Waals surface area contributed by atoms with Crippen LogP contribution in [0.15, 0.2) is 12.5 Å². The van der Waals surface area contributed by atoms with Gasteiger partial charge in [0.25, 0.3) is 0 Å². The van der Waals surface area contributed by atoms with Gasteiger partial charge in [0.1, 0.15) is 23.9 Å². The predicted octanol–water partition coefficient (Wildman–Crippen LogP) is 6.34. The molecule has 0 aromatic carbocycles. The van der Waals surface area contributed by atoms with Crippen LogP contribution in [0.1, 0.15) is 126 Å².